The molecule has 0 saturated carbocycles. The van der Waals surface area contributed by atoms with Gasteiger partial charge in [0.15, 0.2) is 41.4 Å². The van der Waals surface area contributed by atoms with Gasteiger partial charge in [-0.3, -0.25) is 4.79 Å². The molecule has 11 nitrogen and oxygen atoms in total. The molecule has 0 aliphatic carbocycles. The summed E-state index contributed by atoms with van der Waals surface area (Å²) in [5.74, 6) is -0.641. The first-order valence-corrected chi connectivity index (χ1v) is 10.0. The number of hydrogen-bond donors (Lipinski definition) is 3. The van der Waals surface area contributed by atoms with Crippen LogP contribution in [-0.4, -0.2) is 58.8 Å². The molecule has 0 aromatic carbocycles. The number of ether oxygens (including phenoxy) is 2. The maximum Gasteiger partial charge on any atom is 0.263 e. The second-order valence-electron chi connectivity index (χ2n) is 7.15. The number of aromatic nitrogens is 4. The Hall–Kier alpha value is -4.13. The summed E-state index contributed by atoms with van der Waals surface area (Å²) in [5, 5.41) is 8.12. The van der Waals surface area contributed by atoms with Gasteiger partial charge in [0.1, 0.15) is 5.82 Å². The molecule has 13 heteroatoms. The summed E-state index contributed by atoms with van der Waals surface area (Å²) < 4.78 is 39.4. The van der Waals surface area contributed by atoms with Crippen LogP contribution in [0.3, 0.4) is 0 Å². The topological polar surface area (TPSA) is 126 Å². The summed E-state index contributed by atoms with van der Waals surface area (Å²) in [5.41, 5.74) is 0.300. The van der Waals surface area contributed by atoms with Crippen molar-refractivity contribution in [1.29, 1.82) is 0 Å². The van der Waals surface area contributed by atoms with Crippen LogP contribution >= 0.6 is 0 Å². The summed E-state index contributed by atoms with van der Waals surface area (Å²) in [6.45, 7) is 2.04. The minimum atomic E-state index is -0.729. The van der Waals surface area contributed by atoms with Crippen molar-refractivity contribution in [3.8, 4) is 5.75 Å². The summed E-state index contributed by atoms with van der Waals surface area (Å²) in [6.07, 6.45) is 2.41. The molecule has 0 radical (unpaired) electrons. The Morgan fingerprint density at radius 3 is 2.70 bits per heavy atom. The summed E-state index contributed by atoms with van der Waals surface area (Å²) in [4.78, 5) is 29.6. The van der Waals surface area contributed by atoms with Crippen molar-refractivity contribution in [1.82, 2.24) is 19.9 Å². The van der Waals surface area contributed by atoms with Gasteiger partial charge in [0, 0.05) is 19.2 Å². The van der Waals surface area contributed by atoms with Gasteiger partial charge in [-0.1, -0.05) is 0 Å². The zero-order valence-electron chi connectivity index (χ0n) is 17.1. The standard InChI is InChI=1S/C20H18F2N8O3/c21-12-7-11(8-23-19(12)30-3-5-32-6-4-30)25-20-24-9-13(22)17(29-20)26-15-2-1-14-18(27-15)28-16(31)10-33-14/h1-2,7-9H,3-6,10H2,(H3,24,25,26,27,28,29,31). The second-order valence-corrected chi connectivity index (χ2v) is 7.15. The molecule has 5 heterocycles. The number of halogens is 2. The Morgan fingerprint density at radius 2 is 1.88 bits per heavy atom. The predicted molar refractivity (Wildman–Crippen MR) is 114 cm³/mol. The van der Waals surface area contributed by atoms with Crippen molar-refractivity contribution in [3.63, 3.8) is 0 Å². The fourth-order valence-electron chi connectivity index (χ4n) is 3.31. The Kier molecular flexibility index (Phi) is 5.52. The molecule has 0 unspecified atom stereocenters. The Balaban J connectivity index is 1.32. The number of morpholine rings is 1. The average Bonchev–Trinajstić information content (AvgIpc) is 2.82. The van der Waals surface area contributed by atoms with E-state index in [1.165, 1.54) is 12.3 Å². The van der Waals surface area contributed by atoms with Gasteiger partial charge in [0.25, 0.3) is 5.91 Å². The third-order valence-corrected chi connectivity index (χ3v) is 4.85. The SMILES string of the molecule is O=C1COc2ccc(Nc3nc(Nc4cnc(N5CCOCC5)c(F)c4)ncc3F)nc2N1. The Bertz CT molecular complexity index is 1210. The molecule has 0 atom stereocenters. The third kappa shape index (κ3) is 4.57. The van der Waals surface area contributed by atoms with Crippen LogP contribution < -0.4 is 25.6 Å². The predicted octanol–water partition coefficient (Wildman–Crippen LogP) is 2.20. The zero-order chi connectivity index (χ0) is 22.8. The highest BCUT2D eigenvalue weighted by Gasteiger charge is 2.19. The monoisotopic (exact) mass is 456 g/mol. The van der Waals surface area contributed by atoms with Gasteiger partial charge in [0.05, 0.1) is 31.3 Å². The van der Waals surface area contributed by atoms with E-state index in [1.807, 2.05) is 0 Å². The highest BCUT2D eigenvalue weighted by Crippen LogP contribution is 2.29. The molecule has 33 heavy (non-hydrogen) atoms. The highest BCUT2D eigenvalue weighted by atomic mass is 19.1. The van der Waals surface area contributed by atoms with E-state index < -0.39 is 11.6 Å². The van der Waals surface area contributed by atoms with E-state index in [4.69, 9.17) is 9.47 Å². The summed E-state index contributed by atoms with van der Waals surface area (Å²) in [6, 6.07) is 4.41. The number of fused-ring (bicyclic) bond motifs is 1. The van der Waals surface area contributed by atoms with Crippen LogP contribution in [-0.2, 0) is 9.53 Å². The van der Waals surface area contributed by atoms with E-state index in [0.29, 0.717) is 37.7 Å². The molecule has 2 aliphatic heterocycles. The van der Waals surface area contributed by atoms with Crippen molar-refractivity contribution in [2.24, 2.45) is 0 Å². The first-order valence-electron chi connectivity index (χ1n) is 10.0. The smallest absolute Gasteiger partial charge is 0.263 e. The van der Waals surface area contributed by atoms with Gasteiger partial charge in [-0.2, -0.15) is 4.98 Å². The molecule has 0 spiro atoms. The van der Waals surface area contributed by atoms with E-state index in [0.717, 1.165) is 6.20 Å². The number of amides is 1. The number of nitrogens with zero attached hydrogens (tertiary/aromatic N) is 5. The molecule has 5 rings (SSSR count). The minimum absolute atomic E-state index is 0.0221. The van der Waals surface area contributed by atoms with E-state index in [2.05, 4.69) is 35.9 Å². The molecule has 1 fully saturated rings. The van der Waals surface area contributed by atoms with Crippen LogP contribution in [0.1, 0.15) is 0 Å². The van der Waals surface area contributed by atoms with Crippen LogP contribution in [0.2, 0.25) is 0 Å². The molecule has 2 aliphatic rings. The maximum atomic E-state index is 14.6. The minimum Gasteiger partial charge on any atom is -0.480 e. The van der Waals surface area contributed by atoms with E-state index >= 15 is 0 Å². The lowest BCUT2D eigenvalue weighted by molar-refractivity contribution is -0.118. The van der Waals surface area contributed by atoms with Gasteiger partial charge >= 0.3 is 0 Å². The molecular weight excluding hydrogens is 438 g/mol. The van der Waals surface area contributed by atoms with Crippen LogP contribution in [0.25, 0.3) is 0 Å². The van der Waals surface area contributed by atoms with Crippen molar-refractivity contribution < 1.29 is 23.0 Å². The molecule has 1 amide bonds. The Labute approximate surface area is 186 Å². The van der Waals surface area contributed by atoms with E-state index in [9.17, 15) is 13.6 Å². The molecule has 1 saturated heterocycles. The second kappa shape index (κ2) is 8.78. The number of nitrogens with one attached hydrogen (secondary N) is 3. The lowest BCUT2D eigenvalue weighted by Crippen LogP contribution is -2.37. The molecular formula is C20H18F2N8O3. The van der Waals surface area contributed by atoms with Gasteiger partial charge in [0.2, 0.25) is 5.95 Å². The van der Waals surface area contributed by atoms with Crippen molar-refractivity contribution >= 4 is 40.8 Å². The van der Waals surface area contributed by atoms with Crippen LogP contribution in [0, 0.1) is 11.6 Å². The number of anilines is 6. The summed E-state index contributed by atoms with van der Waals surface area (Å²) in [7, 11) is 0. The normalized spacial score (nSPS) is 15.3. The molecule has 170 valence electrons. The number of rotatable bonds is 5. The van der Waals surface area contributed by atoms with E-state index in [1.54, 1.807) is 17.0 Å². The zero-order valence-corrected chi connectivity index (χ0v) is 17.1. The Morgan fingerprint density at radius 1 is 1.03 bits per heavy atom. The van der Waals surface area contributed by atoms with Gasteiger partial charge in [-0.25, -0.2) is 23.7 Å². The largest absolute Gasteiger partial charge is 0.480 e. The van der Waals surface area contributed by atoms with Crippen LogP contribution in [0.4, 0.5) is 43.7 Å². The molecule has 3 N–H and O–H groups in total. The quantitative estimate of drug-likeness (QED) is 0.526. The molecule has 3 aromatic rings. The maximum absolute atomic E-state index is 14.6. The van der Waals surface area contributed by atoms with Crippen LogP contribution in [0.5, 0.6) is 5.75 Å². The number of hydrogen-bond acceptors (Lipinski definition) is 10. The van der Waals surface area contributed by atoms with Gasteiger partial charge < -0.3 is 30.3 Å². The number of carbonyl (C=O) groups excluding carboxylic acids is 1. The van der Waals surface area contributed by atoms with Crippen molar-refractivity contribution in [2.75, 3.05) is 53.8 Å². The average molecular weight is 456 g/mol. The number of carbonyl (C=O) groups is 1. The van der Waals surface area contributed by atoms with Gasteiger partial charge in [-0.05, 0) is 12.1 Å². The first kappa shape index (κ1) is 20.8. The molecule has 3 aromatic heterocycles. The van der Waals surface area contributed by atoms with Crippen molar-refractivity contribution in [3.05, 3.63) is 42.2 Å². The number of pyridine rings is 2. The van der Waals surface area contributed by atoms with Crippen molar-refractivity contribution in [2.45, 2.75) is 0 Å². The fourth-order valence-corrected chi connectivity index (χ4v) is 3.31. The molecule has 0 bridgehead atoms. The first-order chi connectivity index (χ1) is 16.0. The van der Waals surface area contributed by atoms with Gasteiger partial charge in [-0.15, -0.1) is 0 Å². The summed E-state index contributed by atoms with van der Waals surface area (Å²) >= 11 is 0. The highest BCUT2D eigenvalue weighted by molar-refractivity contribution is 5.94. The lowest BCUT2D eigenvalue weighted by atomic mass is 10.3. The van der Waals surface area contributed by atoms with Crippen LogP contribution in [0.15, 0.2) is 30.6 Å². The fraction of sp³-hybridized carbons (Fsp3) is 0.250. The lowest BCUT2D eigenvalue weighted by Gasteiger charge is -2.28. The van der Waals surface area contributed by atoms with E-state index in [-0.39, 0.29) is 41.7 Å². The third-order valence-electron chi connectivity index (χ3n) is 4.85.